The zero-order chi connectivity index (χ0) is 16.4. The van der Waals surface area contributed by atoms with Crippen LogP contribution in [0.4, 0.5) is 5.69 Å². The molecule has 0 aliphatic heterocycles. The number of rotatable bonds is 5. The van der Waals surface area contributed by atoms with Crippen molar-refractivity contribution >= 4 is 28.5 Å². The van der Waals surface area contributed by atoms with Gasteiger partial charge in [-0.2, -0.15) is 0 Å². The summed E-state index contributed by atoms with van der Waals surface area (Å²) < 4.78 is 2.20. The summed E-state index contributed by atoms with van der Waals surface area (Å²) in [5.74, 6) is 1.07. The van der Waals surface area contributed by atoms with E-state index in [4.69, 9.17) is 22.3 Å². The van der Waals surface area contributed by atoms with Crippen LogP contribution in [0.25, 0.3) is 11.2 Å². The van der Waals surface area contributed by atoms with Gasteiger partial charge < -0.3 is 10.3 Å². The van der Waals surface area contributed by atoms with Gasteiger partial charge in [0.1, 0.15) is 11.3 Å². The summed E-state index contributed by atoms with van der Waals surface area (Å²) >= 11 is 5.98. The number of hydrogen-bond donors (Lipinski definition) is 1. The lowest BCUT2D eigenvalue weighted by molar-refractivity contribution is 0.686. The van der Waals surface area contributed by atoms with E-state index in [1.807, 2.05) is 31.2 Å². The number of unbranched alkanes of at least 4 members (excludes halogenated alkanes) is 1. The molecular weight excluding hydrogens is 308 g/mol. The Hall–Kier alpha value is -2.07. The minimum atomic E-state index is 0.690. The van der Waals surface area contributed by atoms with E-state index in [1.54, 1.807) is 6.20 Å². The van der Waals surface area contributed by atoms with E-state index in [-0.39, 0.29) is 0 Å². The van der Waals surface area contributed by atoms with Crippen LogP contribution in [0.15, 0.2) is 30.5 Å². The lowest BCUT2D eigenvalue weighted by Gasteiger charge is -2.09. The van der Waals surface area contributed by atoms with Gasteiger partial charge in [0, 0.05) is 17.0 Å². The third kappa shape index (κ3) is 3.17. The fourth-order valence-corrected chi connectivity index (χ4v) is 2.83. The van der Waals surface area contributed by atoms with Crippen molar-refractivity contribution in [1.82, 2.24) is 14.5 Å². The van der Waals surface area contributed by atoms with Crippen LogP contribution in [0.2, 0.25) is 5.02 Å². The monoisotopic (exact) mass is 328 g/mol. The molecule has 3 aromatic rings. The van der Waals surface area contributed by atoms with Crippen LogP contribution in [-0.2, 0) is 13.0 Å². The molecule has 0 saturated carbocycles. The molecule has 2 aromatic heterocycles. The second-order valence-electron chi connectivity index (χ2n) is 5.85. The number of benzene rings is 1. The van der Waals surface area contributed by atoms with E-state index >= 15 is 0 Å². The molecule has 0 atom stereocenters. The lowest BCUT2D eigenvalue weighted by Crippen LogP contribution is -2.06. The molecule has 0 aliphatic rings. The standard InChI is InChI=1S/C18H21ClN4/c1-3-4-5-16-22-17-12(2)15(20)10-21-18(17)23(16)11-13-6-8-14(19)9-7-13/h6-10H,3-5,11,20H2,1-2H3. The first kappa shape index (κ1) is 15.8. The Morgan fingerprint density at radius 1 is 1.22 bits per heavy atom. The van der Waals surface area contributed by atoms with Gasteiger partial charge in [0.15, 0.2) is 5.65 Å². The van der Waals surface area contributed by atoms with Gasteiger partial charge in [-0.05, 0) is 31.0 Å². The molecule has 4 nitrogen and oxygen atoms in total. The number of aryl methyl sites for hydroxylation is 2. The quantitative estimate of drug-likeness (QED) is 0.756. The number of fused-ring (bicyclic) bond motifs is 1. The van der Waals surface area contributed by atoms with E-state index in [9.17, 15) is 0 Å². The largest absolute Gasteiger partial charge is 0.397 e. The normalized spacial score (nSPS) is 11.3. The van der Waals surface area contributed by atoms with Crippen LogP contribution in [0, 0.1) is 6.92 Å². The highest BCUT2D eigenvalue weighted by molar-refractivity contribution is 6.30. The van der Waals surface area contributed by atoms with Crippen molar-refractivity contribution < 1.29 is 0 Å². The second-order valence-corrected chi connectivity index (χ2v) is 6.29. The molecule has 0 radical (unpaired) electrons. The topological polar surface area (TPSA) is 56.7 Å². The Balaban J connectivity index is 2.08. The first-order chi connectivity index (χ1) is 11.1. The minimum Gasteiger partial charge on any atom is -0.397 e. The van der Waals surface area contributed by atoms with E-state index in [1.165, 1.54) is 5.56 Å². The second kappa shape index (κ2) is 6.59. The van der Waals surface area contributed by atoms with Gasteiger partial charge >= 0.3 is 0 Å². The summed E-state index contributed by atoms with van der Waals surface area (Å²) in [7, 11) is 0. The number of anilines is 1. The Bertz CT molecular complexity index is 821. The van der Waals surface area contributed by atoms with Crippen molar-refractivity contribution in [2.75, 3.05) is 5.73 Å². The first-order valence-electron chi connectivity index (χ1n) is 7.94. The van der Waals surface area contributed by atoms with Gasteiger partial charge in [0.2, 0.25) is 0 Å². The highest BCUT2D eigenvalue weighted by atomic mass is 35.5. The van der Waals surface area contributed by atoms with Crippen LogP contribution in [0.1, 0.15) is 36.7 Å². The number of nitrogens with zero attached hydrogens (tertiary/aromatic N) is 3. The number of imidazole rings is 1. The van der Waals surface area contributed by atoms with Crippen LogP contribution in [0.5, 0.6) is 0 Å². The molecule has 3 rings (SSSR count). The lowest BCUT2D eigenvalue weighted by atomic mass is 10.2. The van der Waals surface area contributed by atoms with E-state index in [0.717, 1.165) is 53.4 Å². The van der Waals surface area contributed by atoms with Crippen LogP contribution in [0.3, 0.4) is 0 Å². The Labute approximate surface area is 141 Å². The predicted octanol–water partition coefficient (Wildman–Crippen LogP) is 4.37. The molecule has 2 N–H and O–H groups in total. The fourth-order valence-electron chi connectivity index (χ4n) is 2.70. The predicted molar refractivity (Wildman–Crippen MR) is 95.8 cm³/mol. The highest BCUT2D eigenvalue weighted by Gasteiger charge is 2.15. The zero-order valence-corrected chi connectivity index (χ0v) is 14.3. The summed E-state index contributed by atoms with van der Waals surface area (Å²) in [5, 5.41) is 0.747. The molecule has 0 unspecified atom stereocenters. The average Bonchev–Trinajstić information content (AvgIpc) is 2.89. The Morgan fingerprint density at radius 3 is 2.65 bits per heavy atom. The Morgan fingerprint density at radius 2 is 1.96 bits per heavy atom. The number of pyridine rings is 1. The SMILES string of the molecule is CCCCc1nc2c(C)c(N)cnc2n1Cc1ccc(Cl)cc1. The maximum Gasteiger partial charge on any atom is 0.160 e. The van der Waals surface area contributed by atoms with Crippen molar-refractivity contribution in [2.45, 2.75) is 39.7 Å². The van der Waals surface area contributed by atoms with E-state index in [0.29, 0.717) is 5.69 Å². The molecule has 0 bridgehead atoms. The summed E-state index contributed by atoms with van der Waals surface area (Å²) in [4.78, 5) is 9.35. The summed E-state index contributed by atoms with van der Waals surface area (Å²) in [6.07, 6.45) is 4.91. The molecular formula is C18H21ClN4. The van der Waals surface area contributed by atoms with Crippen molar-refractivity contribution in [3.05, 3.63) is 52.4 Å². The molecule has 2 heterocycles. The maximum absolute atomic E-state index is 5.99. The molecule has 0 fully saturated rings. The highest BCUT2D eigenvalue weighted by Crippen LogP contribution is 2.24. The third-order valence-electron chi connectivity index (χ3n) is 4.14. The van der Waals surface area contributed by atoms with Crippen molar-refractivity contribution in [3.63, 3.8) is 0 Å². The molecule has 0 spiro atoms. The van der Waals surface area contributed by atoms with Crippen LogP contribution in [-0.4, -0.2) is 14.5 Å². The minimum absolute atomic E-state index is 0.690. The van der Waals surface area contributed by atoms with Gasteiger partial charge in [0.25, 0.3) is 0 Å². The van der Waals surface area contributed by atoms with Gasteiger partial charge in [0.05, 0.1) is 18.4 Å². The molecule has 5 heteroatoms. The average molecular weight is 329 g/mol. The van der Waals surface area contributed by atoms with Crippen LogP contribution < -0.4 is 5.73 Å². The van der Waals surface area contributed by atoms with Gasteiger partial charge in [-0.3, -0.25) is 0 Å². The Kier molecular flexibility index (Phi) is 4.53. The number of aromatic nitrogens is 3. The van der Waals surface area contributed by atoms with Crippen LogP contribution >= 0.6 is 11.6 Å². The van der Waals surface area contributed by atoms with E-state index < -0.39 is 0 Å². The van der Waals surface area contributed by atoms with Crippen molar-refractivity contribution in [2.24, 2.45) is 0 Å². The summed E-state index contributed by atoms with van der Waals surface area (Å²) in [6.45, 7) is 4.93. The molecule has 0 saturated heterocycles. The molecule has 120 valence electrons. The molecule has 1 aromatic carbocycles. The first-order valence-corrected chi connectivity index (χ1v) is 8.32. The number of nitrogen functional groups attached to an aromatic ring is 1. The maximum atomic E-state index is 5.99. The van der Waals surface area contributed by atoms with E-state index in [2.05, 4.69) is 16.5 Å². The number of halogens is 1. The van der Waals surface area contributed by atoms with Crippen molar-refractivity contribution in [3.8, 4) is 0 Å². The van der Waals surface area contributed by atoms with Gasteiger partial charge in [-0.25, -0.2) is 9.97 Å². The summed E-state index contributed by atoms with van der Waals surface area (Å²) in [5.41, 5.74) is 10.7. The molecule has 0 aliphatic carbocycles. The van der Waals surface area contributed by atoms with Gasteiger partial charge in [-0.1, -0.05) is 37.1 Å². The smallest absolute Gasteiger partial charge is 0.160 e. The van der Waals surface area contributed by atoms with Gasteiger partial charge in [-0.15, -0.1) is 0 Å². The molecule has 23 heavy (non-hydrogen) atoms. The molecule has 0 amide bonds. The fraction of sp³-hybridized carbons (Fsp3) is 0.333. The number of nitrogens with two attached hydrogens (primary N) is 1. The zero-order valence-electron chi connectivity index (χ0n) is 13.5. The van der Waals surface area contributed by atoms with Crippen molar-refractivity contribution in [1.29, 1.82) is 0 Å². The summed E-state index contributed by atoms with van der Waals surface area (Å²) in [6, 6.07) is 7.92. The third-order valence-corrected chi connectivity index (χ3v) is 4.39. The number of hydrogen-bond acceptors (Lipinski definition) is 3.